The molecule has 0 bridgehead atoms. The first-order valence-electron chi connectivity index (χ1n) is 6.71. The summed E-state index contributed by atoms with van der Waals surface area (Å²) in [5.41, 5.74) is -1.55. The number of benzene rings is 1. The number of aromatic nitrogens is 3. The van der Waals surface area contributed by atoms with Crippen molar-refractivity contribution < 1.29 is 26.7 Å². The number of nitriles is 1. The molecular weight excluding hydrogens is 347 g/mol. The Hall–Kier alpha value is -3.22. The normalized spacial score (nSPS) is 11.7. The molecule has 0 atom stereocenters. The fraction of sp³-hybridized carbons (Fsp3) is 0.133. The Balaban J connectivity index is 2.19. The van der Waals surface area contributed by atoms with E-state index in [-0.39, 0.29) is 28.3 Å². The van der Waals surface area contributed by atoms with Crippen molar-refractivity contribution in [3.05, 3.63) is 47.8 Å². The van der Waals surface area contributed by atoms with Gasteiger partial charge in [-0.1, -0.05) is 12.1 Å². The van der Waals surface area contributed by atoms with E-state index in [9.17, 15) is 22.0 Å². The first-order valence-corrected chi connectivity index (χ1v) is 6.71. The summed E-state index contributed by atoms with van der Waals surface area (Å²) in [6.07, 6.45) is -4.76. The van der Waals surface area contributed by atoms with Gasteiger partial charge in [-0.05, 0) is 18.2 Å². The molecule has 0 spiro atoms. The average Bonchev–Trinajstić information content (AvgIpc) is 2.95. The van der Waals surface area contributed by atoms with Crippen LogP contribution in [0.2, 0.25) is 0 Å². The number of halogens is 5. The lowest BCUT2D eigenvalue weighted by molar-refractivity contribution is -0.142. The third-order valence-corrected chi connectivity index (χ3v) is 3.19. The van der Waals surface area contributed by atoms with E-state index >= 15 is 0 Å². The molecule has 0 aliphatic heterocycles. The highest BCUT2D eigenvalue weighted by atomic mass is 19.4. The molecule has 3 rings (SSSR count). The summed E-state index contributed by atoms with van der Waals surface area (Å²) in [5, 5.41) is 12.4. The molecule has 3 aromatic rings. The summed E-state index contributed by atoms with van der Waals surface area (Å²) in [6, 6.07) is 8.60. The molecule has 0 aliphatic rings. The lowest BCUT2D eigenvalue weighted by Crippen LogP contribution is -2.13. The number of hydrogen-bond acceptors (Lipinski definition) is 4. The third kappa shape index (κ3) is 3.35. The number of ether oxygens (including phenoxy) is 1. The van der Waals surface area contributed by atoms with Gasteiger partial charge in [0.1, 0.15) is 11.8 Å². The van der Waals surface area contributed by atoms with Crippen LogP contribution in [0.15, 0.2) is 36.4 Å². The highest BCUT2D eigenvalue weighted by molar-refractivity contribution is 5.64. The van der Waals surface area contributed by atoms with Gasteiger partial charge in [0.25, 0.3) is 0 Å². The minimum absolute atomic E-state index is 0.121. The maximum atomic E-state index is 13.3. The van der Waals surface area contributed by atoms with E-state index in [0.29, 0.717) is 4.52 Å². The Morgan fingerprint density at radius 2 is 1.92 bits per heavy atom. The average molecular weight is 354 g/mol. The molecule has 0 amide bonds. The first-order chi connectivity index (χ1) is 11.8. The van der Waals surface area contributed by atoms with Gasteiger partial charge in [0.15, 0.2) is 17.0 Å². The van der Waals surface area contributed by atoms with Gasteiger partial charge in [0, 0.05) is 11.6 Å². The van der Waals surface area contributed by atoms with Crippen molar-refractivity contribution in [3.63, 3.8) is 0 Å². The Labute approximate surface area is 136 Å². The van der Waals surface area contributed by atoms with Crippen molar-refractivity contribution in [2.75, 3.05) is 0 Å². The van der Waals surface area contributed by atoms with Crippen LogP contribution < -0.4 is 4.74 Å². The standard InChI is InChI=1S/C15H7F5N4O/c16-14(17)25-10-3-1-2-8(4-10)11-6-12(15(18,19)20)24-13(22-11)5-9(7-21)23-24/h1-6,14H. The number of alkyl halides is 5. The summed E-state index contributed by atoms with van der Waals surface area (Å²) >= 11 is 0. The molecule has 5 nitrogen and oxygen atoms in total. The van der Waals surface area contributed by atoms with Gasteiger partial charge in [-0.15, -0.1) is 0 Å². The van der Waals surface area contributed by atoms with Crippen LogP contribution in [0.5, 0.6) is 5.75 Å². The Kier molecular flexibility index (Phi) is 4.00. The van der Waals surface area contributed by atoms with Crippen molar-refractivity contribution >= 4 is 5.65 Å². The van der Waals surface area contributed by atoms with Crippen LogP contribution in [-0.4, -0.2) is 21.2 Å². The van der Waals surface area contributed by atoms with Crippen LogP contribution in [0.4, 0.5) is 22.0 Å². The van der Waals surface area contributed by atoms with Gasteiger partial charge in [0.2, 0.25) is 0 Å². The SMILES string of the molecule is N#Cc1cc2nc(-c3cccc(OC(F)F)c3)cc(C(F)(F)F)n2n1. The lowest BCUT2D eigenvalue weighted by Gasteiger charge is -2.11. The van der Waals surface area contributed by atoms with Gasteiger partial charge in [-0.25, -0.2) is 9.50 Å². The van der Waals surface area contributed by atoms with E-state index in [1.807, 2.05) is 0 Å². The zero-order valence-electron chi connectivity index (χ0n) is 12.1. The second-order valence-electron chi connectivity index (χ2n) is 4.84. The van der Waals surface area contributed by atoms with E-state index in [1.165, 1.54) is 18.2 Å². The van der Waals surface area contributed by atoms with Crippen LogP contribution in [0, 0.1) is 11.3 Å². The first kappa shape index (κ1) is 16.6. The van der Waals surface area contributed by atoms with Gasteiger partial charge >= 0.3 is 12.8 Å². The summed E-state index contributed by atoms with van der Waals surface area (Å²) < 4.78 is 69.2. The topological polar surface area (TPSA) is 63.2 Å². The number of hydrogen-bond donors (Lipinski definition) is 0. The van der Waals surface area contributed by atoms with Crippen molar-refractivity contribution in [3.8, 4) is 23.1 Å². The van der Waals surface area contributed by atoms with Gasteiger partial charge < -0.3 is 4.74 Å². The maximum Gasteiger partial charge on any atom is 0.433 e. The Morgan fingerprint density at radius 1 is 1.16 bits per heavy atom. The molecule has 128 valence electrons. The third-order valence-electron chi connectivity index (χ3n) is 3.19. The van der Waals surface area contributed by atoms with Gasteiger partial charge in [0.05, 0.1) is 5.69 Å². The van der Waals surface area contributed by atoms with Crippen molar-refractivity contribution in [1.82, 2.24) is 14.6 Å². The largest absolute Gasteiger partial charge is 0.435 e. The molecule has 0 saturated carbocycles. The summed E-state index contributed by atoms with van der Waals surface area (Å²) in [7, 11) is 0. The van der Waals surface area contributed by atoms with Crippen LogP contribution >= 0.6 is 0 Å². The van der Waals surface area contributed by atoms with Crippen LogP contribution in [0.25, 0.3) is 16.9 Å². The second-order valence-corrected chi connectivity index (χ2v) is 4.84. The van der Waals surface area contributed by atoms with E-state index in [2.05, 4.69) is 14.8 Å². The van der Waals surface area contributed by atoms with Crippen molar-refractivity contribution in [2.45, 2.75) is 12.8 Å². The molecule has 2 heterocycles. The van der Waals surface area contributed by atoms with E-state index in [4.69, 9.17) is 5.26 Å². The van der Waals surface area contributed by atoms with Crippen LogP contribution in [-0.2, 0) is 6.18 Å². The lowest BCUT2D eigenvalue weighted by atomic mass is 10.1. The maximum absolute atomic E-state index is 13.3. The molecule has 1 aromatic carbocycles. The minimum Gasteiger partial charge on any atom is -0.435 e. The highest BCUT2D eigenvalue weighted by Crippen LogP contribution is 2.33. The molecule has 2 aromatic heterocycles. The smallest absolute Gasteiger partial charge is 0.433 e. The predicted molar refractivity (Wildman–Crippen MR) is 74.8 cm³/mol. The molecule has 0 aliphatic carbocycles. The zero-order chi connectivity index (χ0) is 18.2. The van der Waals surface area contributed by atoms with Crippen LogP contribution in [0.1, 0.15) is 11.4 Å². The monoisotopic (exact) mass is 354 g/mol. The van der Waals surface area contributed by atoms with E-state index in [0.717, 1.165) is 18.2 Å². The molecule has 0 saturated heterocycles. The predicted octanol–water partition coefficient (Wildman–Crippen LogP) is 3.89. The fourth-order valence-corrected chi connectivity index (χ4v) is 2.21. The van der Waals surface area contributed by atoms with E-state index < -0.39 is 18.5 Å². The zero-order valence-corrected chi connectivity index (χ0v) is 12.1. The number of nitrogens with zero attached hydrogens (tertiary/aromatic N) is 4. The second kappa shape index (κ2) is 6.01. The summed E-state index contributed by atoms with van der Waals surface area (Å²) in [4.78, 5) is 4.01. The fourth-order valence-electron chi connectivity index (χ4n) is 2.21. The van der Waals surface area contributed by atoms with Crippen LogP contribution in [0.3, 0.4) is 0 Å². The summed E-state index contributed by atoms with van der Waals surface area (Å²) in [6.45, 7) is -3.07. The Bertz CT molecular complexity index is 974. The Morgan fingerprint density at radius 3 is 2.56 bits per heavy atom. The van der Waals surface area contributed by atoms with E-state index in [1.54, 1.807) is 6.07 Å². The molecule has 0 unspecified atom stereocenters. The molecule has 0 fully saturated rings. The molecule has 0 N–H and O–H groups in total. The molecular formula is C15H7F5N4O. The quantitative estimate of drug-likeness (QED) is 0.670. The minimum atomic E-state index is -4.76. The molecule has 10 heteroatoms. The molecule has 25 heavy (non-hydrogen) atoms. The number of rotatable bonds is 3. The number of fused-ring (bicyclic) bond motifs is 1. The van der Waals surface area contributed by atoms with Gasteiger partial charge in [-0.3, -0.25) is 0 Å². The van der Waals surface area contributed by atoms with Gasteiger partial charge in [-0.2, -0.15) is 32.3 Å². The van der Waals surface area contributed by atoms with Crippen molar-refractivity contribution in [2.24, 2.45) is 0 Å². The molecule has 0 radical (unpaired) electrons. The van der Waals surface area contributed by atoms with Crippen molar-refractivity contribution in [1.29, 1.82) is 5.26 Å². The highest BCUT2D eigenvalue weighted by Gasteiger charge is 2.35. The summed E-state index contributed by atoms with van der Waals surface area (Å²) in [5.74, 6) is -0.214.